The van der Waals surface area contributed by atoms with Crippen molar-refractivity contribution in [2.24, 2.45) is 5.92 Å². The Morgan fingerprint density at radius 3 is 2.83 bits per heavy atom. The van der Waals surface area contributed by atoms with Crippen molar-refractivity contribution in [3.8, 4) is 5.75 Å². The summed E-state index contributed by atoms with van der Waals surface area (Å²) < 4.78 is 24.9. The van der Waals surface area contributed by atoms with E-state index >= 15 is 0 Å². The number of carbonyl (C=O) groups is 1. The third kappa shape index (κ3) is 4.36. The number of nitrogens with zero attached hydrogens (tertiary/aromatic N) is 1. The van der Waals surface area contributed by atoms with Crippen LogP contribution in [0.3, 0.4) is 0 Å². The van der Waals surface area contributed by atoms with Gasteiger partial charge in [0.05, 0.1) is 12.7 Å². The van der Waals surface area contributed by atoms with Crippen LogP contribution in [0.2, 0.25) is 0 Å². The van der Waals surface area contributed by atoms with E-state index in [1.54, 1.807) is 17.0 Å². The van der Waals surface area contributed by atoms with Gasteiger partial charge in [0.1, 0.15) is 17.4 Å². The third-order valence-corrected chi connectivity index (χ3v) is 4.67. The molecule has 0 aromatic heterocycles. The molecule has 0 N–H and O–H groups in total. The first-order valence-electron chi connectivity index (χ1n) is 7.67. The monoisotopic (exact) mass is 343 g/mol. The predicted molar refractivity (Wildman–Crippen MR) is 87.2 cm³/mol. The van der Waals surface area contributed by atoms with Gasteiger partial charge in [0.25, 0.3) is 0 Å². The van der Waals surface area contributed by atoms with Gasteiger partial charge in [-0.1, -0.05) is 0 Å². The fraction of sp³-hybridized carbons (Fsp3) is 0.588. The summed E-state index contributed by atoms with van der Waals surface area (Å²) in [5.74, 6) is 0.0591. The van der Waals surface area contributed by atoms with Crippen molar-refractivity contribution in [2.75, 3.05) is 26.1 Å². The van der Waals surface area contributed by atoms with Crippen molar-refractivity contribution < 1.29 is 18.7 Å². The summed E-state index contributed by atoms with van der Waals surface area (Å²) in [7, 11) is 1.52. The van der Waals surface area contributed by atoms with Crippen molar-refractivity contribution >= 4 is 17.5 Å². The number of rotatable bonds is 6. The molecule has 1 fully saturated rings. The standard InChI is InChI=1S/C17H23ClFNO3/c1-17(2)13(6-7-23-17)11-20(16(21)9-18)10-12-8-14(22-3)4-5-15(12)19/h4-5,8,13H,6-7,9-11H2,1-3H3. The first-order chi connectivity index (χ1) is 10.9. The molecule has 1 aromatic rings. The van der Waals surface area contributed by atoms with Crippen LogP contribution in [-0.2, 0) is 16.1 Å². The normalized spacial score (nSPS) is 19.6. The molecule has 0 radical (unpaired) electrons. The number of benzene rings is 1. The molecular formula is C17H23ClFNO3. The maximum absolute atomic E-state index is 14.0. The average molecular weight is 344 g/mol. The van der Waals surface area contributed by atoms with Crippen LogP contribution < -0.4 is 4.74 Å². The molecule has 1 unspecified atom stereocenters. The molecule has 128 valence electrons. The van der Waals surface area contributed by atoms with Gasteiger partial charge >= 0.3 is 0 Å². The van der Waals surface area contributed by atoms with Crippen LogP contribution in [0, 0.1) is 11.7 Å². The minimum atomic E-state index is -0.361. The number of ether oxygens (including phenoxy) is 2. The van der Waals surface area contributed by atoms with E-state index in [0.29, 0.717) is 24.5 Å². The van der Waals surface area contributed by atoms with E-state index in [2.05, 4.69) is 0 Å². The third-order valence-electron chi connectivity index (χ3n) is 4.45. The molecule has 1 heterocycles. The molecule has 1 aromatic carbocycles. The highest BCUT2D eigenvalue weighted by molar-refractivity contribution is 6.27. The summed E-state index contributed by atoms with van der Waals surface area (Å²) in [6.07, 6.45) is 0.875. The van der Waals surface area contributed by atoms with E-state index in [1.807, 2.05) is 13.8 Å². The number of halogens is 2. The number of hydrogen-bond acceptors (Lipinski definition) is 3. The molecule has 0 aliphatic carbocycles. The lowest BCUT2D eigenvalue weighted by atomic mass is 9.90. The quantitative estimate of drug-likeness (QED) is 0.744. The summed E-state index contributed by atoms with van der Waals surface area (Å²) in [5.41, 5.74) is 0.122. The molecule has 2 rings (SSSR count). The van der Waals surface area contributed by atoms with Crippen LogP contribution in [0.5, 0.6) is 5.75 Å². The molecule has 1 atom stereocenters. The Morgan fingerprint density at radius 1 is 1.52 bits per heavy atom. The maximum Gasteiger partial charge on any atom is 0.237 e. The number of methoxy groups -OCH3 is 1. The van der Waals surface area contributed by atoms with Gasteiger partial charge in [-0.25, -0.2) is 4.39 Å². The molecule has 0 saturated carbocycles. The zero-order chi connectivity index (χ0) is 17.0. The first-order valence-corrected chi connectivity index (χ1v) is 8.21. The highest BCUT2D eigenvalue weighted by Crippen LogP contribution is 2.32. The van der Waals surface area contributed by atoms with E-state index in [4.69, 9.17) is 21.1 Å². The second-order valence-corrected chi connectivity index (χ2v) is 6.57. The van der Waals surface area contributed by atoms with Crippen molar-refractivity contribution in [3.63, 3.8) is 0 Å². The molecule has 23 heavy (non-hydrogen) atoms. The zero-order valence-electron chi connectivity index (χ0n) is 13.8. The van der Waals surface area contributed by atoms with Gasteiger partial charge in [0.2, 0.25) is 5.91 Å². The molecule has 1 amide bonds. The summed E-state index contributed by atoms with van der Waals surface area (Å²) in [5, 5.41) is 0. The topological polar surface area (TPSA) is 38.8 Å². The second-order valence-electron chi connectivity index (χ2n) is 6.30. The predicted octanol–water partition coefficient (Wildman–Crippen LogP) is 3.22. The van der Waals surface area contributed by atoms with Gasteiger partial charge in [-0.2, -0.15) is 0 Å². The summed E-state index contributed by atoms with van der Waals surface area (Å²) >= 11 is 5.73. The van der Waals surface area contributed by atoms with Crippen LogP contribution in [-0.4, -0.2) is 42.5 Å². The summed E-state index contributed by atoms with van der Waals surface area (Å²) in [6, 6.07) is 4.51. The van der Waals surface area contributed by atoms with Gasteiger partial charge in [-0.05, 0) is 38.5 Å². The smallest absolute Gasteiger partial charge is 0.237 e. The second kappa shape index (κ2) is 7.49. The Kier molecular flexibility index (Phi) is 5.87. The van der Waals surface area contributed by atoms with Crippen molar-refractivity contribution in [2.45, 2.75) is 32.4 Å². The molecule has 4 nitrogen and oxygen atoms in total. The van der Waals surface area contributed by atoms with Crippen molar-refractivity contribution in [1.82, 2.24) is 4.90 Å². The number of hydrogen-bond donors (Lipinski definition) is 0. The summed E-state index contributed by atoms with van der Waals surface area (Å²) in [4.78, 5) is 13.8. The minimum Gasteiger partial charge on any atom is -0.497 e. The largest absolute Gasteiger partial charge is 0.497 e. The molecule has 0 bridgehead atoms. The SMILES string of the molecule is COc1ccc(F)c(CN(CC2CCOC2(C)C)C(=O)CCl)c1. The molecule has 1 saturated heterocycles. The fourth-order valence-electron chi connectivity index (χ4n) is 2.85. The van der Waals surface area contributed by atoms with E-state index in [-0.39, 0.29) is 35.7 Å². The highest BCUT2D eigenvalue weighted by atomic mass is 35.5. The first kappa shape index (κ1) is 18.0. The van der Waals surface area contributed by atoms with Crippen molar-refractivity contribution in [3.05, 3.63) is 29.6 Å². The molecular weight excluding hydrogens is 321 g/mol. The van der Waals surface area contributed by atoms with E-state index in [0.717, 1.165) is 6.42 Å². The molecule has 1 aliphatic rings. The van der Waals surface area contributed by atoms with Crippen LogP contribution in [0.15, 0.2) is 18.2 Å². The van der Waals surface area contributed by atoms with Gasteiger partial charge in [-0.15, -0.1) is 11.6 Å². The van der Waals surface area contributed by atoms with Crippen LogP contribution in [0.4, 0.5) is 4.39 Å². The molecule has 1 aliphatic heterocycles. The zero-order valence-corrected chi connectivity index (χ0v) is 14.5. The molecule has 0 spiro atoms. The number of alkyl halides is 1. The van der Waals surface area contributed by atoms with E-state index < -0.39 is 0 Å². The molecule has 6 heteroatoms. The maximum atomic E-state index is 14.0. The lowest BCUT2D eigenvalue weighted by molar-refractivity contribution is -0.130. The van der Waals surface area contributed by atoms with Gasteiger partial charge in [-0.3, -0.25) is 4.79 Å². The lowest BCUT2D eigenvalue weighted by Gasteiger charge is -2.31. The van der Waals surface area contributed by atoms with Gasteiger partial charge in [0.15, 0.2) is 0 Å². The van der Waals surface area contributed by atoms with Gasteiger partial charge in [0, 0.05) is 31.2 Å². The van der Waals surface area contributed by atoms with Crippen molar-refractivity contribution in [1.29, 1.82) is 0 Å². The van der Waals surface area contributed by atoms with Crippen LogP contribution in [0.25, 0.3) is 0 Å². The van der Waals surface area contributed by atoms with E-state index in [9.17, 15) is 9.18 Å². The Hall–Kier alpha value is -1.33. The minimum absolute atomic E-state index is 0.125. The highest BCUT2D eigenvalue weighted by Gasteiger charge is 2.37. The number of carbonyl (C=O) groups excluding carboxylic acids is 1. The van der Waals surface area contributed by atoms with E-state index in [1.165, 1.54) is 13.2 Å². The average Bonchev–Trinajstić information content (AvgIpc) is 2.86. The Balaban J connectivity index is 2.18. The van der Waals surface area contributed by atoms with Gasteiger partial charge < -0.3 is 14.4 Å². The fourth-order valence-corrected chi connectivity index (χ4v) is 3.02. The Morgan fingerprint density at radius 2 is 2.26 bits per heavy atom. The Bertz CT molecular complexity index is 565. The lowest BCUT2D eigenvalue weighted by Crippen LogP contribution is -2.41. The summed E-state index contributed by atoms with van der Waals surface area (Å²) in [6.45, 7) is 5.37. The van der Waals surface area contributed by atoms with Crippen LogP contribution in [0.1, 0.15) is 25.8 Å². The number of amides is 1. The Labute approximate surface area is 141 Å². The van der Waals surface area contributed by atoms with Crippen LogP contribution >= 0.6 is 11.6 Å².